The van der Waals surface area contributed by atoms with Crippen molar-refractivity contribution in [1.29, 1.82) is 0 Å². The summed E-state index contributed by atoms with van der Waals surface area (Å²) in [5, 5.41) is 0. The number of nitrogens with one attached hydrogen (secondary N) is 1. The molecular formula is C19H17NO2. The highest BCUT2D eigenvalue weighted by Gasteiger charge is 2.18. The van der Waals surface area contributed by atoms with Gasteiger partial charge in [0, 0.05) is 17.5 Å². The molecule has 0 radical (unpaired) electrons. The molecule has 1 N–H and O–H groups in total. The van der Waals surface area contributed by atoms with Crippen LogP contribution >= 0.6 is 0 Å². The predicted octanol–water partition coefficient (Wildman–Crippen LogP) is 4.35. The van der Waals surface area contributed by atoms with E-state index < -0.39 is 0 Å². The summed E-state index contributed by atoms with van der Waals surface area (Å²) in [6, 6.07) is 19.5. The highest BCUT2D eigenvalue weighted by atomic mass is 16.5. The van der Waals surface area contributed by atoms with Crippen molar-refractivity contribution < 1.29 is 9.53 Å². The van der Waals surface area contributed by atoms with E-state index in [9.17, 15) is 4.79 Å². The molecule has 1 heterocycles. The smallest absolute Gasteiger partial charge is 0.340 e. The van der Waals surface area contributed by atoms with E-state index in [0.29, 0.717) is 5.56 Å². The summed E-state index contributed by atoms with van der Waals surface area (Å²) >= 11 is 0. The molecular weight excluding hydrogens is 274 g/mol. The molecule has 2 aromatic carbocycles. The Morgan fingerprint density at radius 3 is 2.32 bits per heavy atom. The molecule has 0 aliphatic rings. The molecule has 0 fully saturated rings. The number of carbonyl (C=O) groups excluding carboxylic acids is 1. The molecule has 0 saturated heterocycles. The quantitative estimate of drug-likeness (QED) is 0.726. The number of aromatic amines is 1. The van der Waals surface area contributed by atoms with Crippen LogP contribution < -0.4 is 0 Å². The fourth-order valence-corrected chi connectivity index (χ4v) is 2.43. The topological polar surface area (TPSA) is 42.1 Å². The highest BCUT2D eigenvalue weighted by molar-refractivity contribution is 5.98. The molecule has 110 valence electrons. The van der Waals surface area contributed by atoms with Gasteiger partial charge in [-0.3, -0.25) is 0 Å². The fraction of sp³-hybridized carbons (Fsp3) is 0.105. The van der Waals surface area contributed by atoms with Gasteiger partial charge in [-0.1, -0.05) is 60.7 Å². The van der Waals surface area contributed by atoms with Crippen LogP contribution in [-0.4, -0.2) is 11.0 Å². The van der Waals surface area contributed by atoms with Crippen LogP contribution in [0.3, 0.4) is 0 Å². The zero-order valence-electron chi connectivity index (χ0n) is 12.4. The number of hydrogen-bond donors (Lipinski definition) is 1. The third-order valence-corrected chi connectivity index (χ3v) is 3.58. The number of rotatable bonds is 4. The van der Waals surface area contributed by atoms with Gasteiger partial charge in [-0.25, -0.2) is 4.79 Å². The van der Waals surface area contributed by atoms with Crippen LogP contribution in [0.2, 0.25) is 0 Å². The lowest BCUT2D eigenvalue weighted by Crippen LogP contribution is -2.07. The first-order valence-corrected chi connectivity index (χ1v) is 7.20. The van der Waals surface area contributed by atoms with E-state index in [-0.39, 0.29) is 12.6 Å². The van der Waals surface area contributed by atoms with Crippen LogP contribution in [0.5, 0.6) is 0 Å². The number of aryl methyl sites for hydroxylation is 1. The number of carbonyl (C=O) groups is 1. The SMILES string of the molecule is Cc1[nH]cc(-c2ccccc2)c1C(=O)OCc1ccccc1. The monoisotopic (exact) mass is 291 g/mol. The van der Waals surface area contributed by atoms with Crippen molar-refractivity contribution in [2.75, 3.05) is 0 Å². The van der Waals surface area contributed by atoms with Crippen molar-refractivity contribution in [3.63, 3.8) is 0 Å². The first kappa shape index (κ1) is 14.1. The largest absolute Gasteiger partial charge is 0.457 e. The van der Waals surface area contributed by atoms with Crippen LogP contribution in [0.15, 0.2) is 66.9 Å². The lowest BCUT2D eigenvalue weighted by Gasteiger charge is -2.07. The summed E-state index contributed by atoms with van der Waals surface area (Å²) in [4.78, 5) is 15.6. The van der Waals surface area contributed by atoms with Crippen molar-refractivity contribution >= 4 is 5.97 Å². The number of esters is 1. The van der Waals surface area contributed by atoms with E-state index >= 15 is 0 Å². The summed E-state index contributed by atoms with van der Waals surface area (Å²) in [6.45, 7) is 2.16. The average Bonchev–Trinajstić information content (AvgIpc) is 2.96. The molecule has 0 amide bonds. The summed E-state index contributed by atoms with van der Waals surface area (Å²) in [5.74, 6) is -0.304. The van der Waals surface area contributed by atoms with Crippen LogP contribution in [0.25, 0.3) is 11.1 Å². The predicted molar refractivity (Wildman–Crippen MR) is 86.5 cm³/mol. The number of H-pyrrole nitrogens is 1. The van der Waals surface area contributed by atoms with Crippen molar-refractivity contribution in [3.8, 4) is 11.1 Å². The number of hydrogen-bond acceptors (Lipinski definition) is 2. The Labute approximate surface area is 129 Å². The average molecular weight is 291 g/mol. The first-order chi connectivity index (χ1) is 10.8. The Balaban J connectivity index is 1.82. The Kier molecular flexibility index (Phi) is 4.05. The van der Waals surface area contributed by atoms with Gasteiger partial charge in [-0.2, -0.15) is 0 Å². The highest BCUT2D eigenvalue weighted by Crippen LogP contribution is 2.26. The molecule has 22 heavy (non-hydrogen) atoms. The summed E-state index contributed by atoms with van der Waals surface area (Å²) < 4.78 is 5.46. The van der Waals surface area contributed by atoms with E-state index in [2.05, 4.69) is 4.98 Å². The Morgan fingerprint density at radius 2 is 1.64 bits per heavy atom. The van der Waals surface area contributed by atoms with Gasteiger partial charge >= 0.3 is 5.97 Å². The Hall–Kier alpha value is -2.81. The molecule has 3 rings (SSSR count). The van der Waals surface area contributed by atoms with Crippen molar-refractivity contribution in [1.82, 2.24) is 4.98 Å². The van der Waals surface area contributed by atoms with Crippen LogP contribution in [0.4, 0.5) is 0 Å². The number of benzene rings is 2. The van der Waals surface area contributed by atoms with Gasteiger partial charge in [-0.05, 0) is 18.1 Å². The van der Waals surface area contributed by atoms with E-state index in [0.717, 1.165) is 22.4 Å². The summed E-state index contributed by atoms with van der Waals surface area (Å²) in [6.07, 6.45) is 1.85. The van der Waals surface area contributed by atoms with Gasteiger partial charge in [0.2, 0.25) is 0 Å². The molecule has 1 aromatic heterocycles. The standard InChI is InChI=1S/C19H17NO2/c1-14-18(17(12-20-14)16-10-6-3-7-11-16)19(21)22-13-15-8-4-2-5-9-15/h2-12,20H,13H2,1H3. The van der Waals surface area contributed by atoms with Gasteiger partial charge in [0.05, 0.1) is 5.56 Å². The van der Waals surface area contributed by atoms with Gasteiger partial charge in [-0.15, -0.1) is 0 Å². The van der Waals surface area contributed by atoms with Gasteiger partial charge in [0.25, 0.3) is 0 Å². The normalized spacial score (nSPS) is 10.4. The third kappa shape index (κ3) is 2.93. The lowest BCUT2D eigenvalue weighted by molar-refractivity contribution is 0.0473. The van der Waals surface area contributed by atoms with E-state index in [1.54, 1.807) is 0 Å². The van der Waals surface area contributed by atoms with Crippen LogP contribution in [0, 0.1) is 6.92 Å². The molecule has 0 aliphatic carbocycles. The maximum Gasteiger partial charge on any atom is 0.340 e. The minimum absolute atomic E-state index is 0.276. The van der Waals surface area contributed by atoms with Gasteiger partial charge in [0.1, 0.15) is 6.61 Å². The molecule has 0 aliphatic heterocycles. The Bertz CT molecular complexity index is 761. The molecule has 0 atom stereocenters. The zero-order valence-corrected chi connectivity index (χ0v) is 12.4. The minimum atomic E-state index is -0.304. The summed E-state index contributed by atoms with van der Waals surface area (Å²) in [5.41, 5.74) is 4.26. The molecule has 0 bridgehead atoms. The lowest BCUT2D eigenvalue weighted by atomic mass is 10.0. The molecule has 0 saturated carbocycles. The third-order valence-electron chi connectivity index (χ3n) is 3.58. The van der Waals surface area contributed by atoms with Crippen molar-refractivity contribution in [2.24, 2.45) is 0 Å². The maximum absolute atomic E-state index is 12.5. The molecule has 3 heteroatoms. The molecule has 0 spiro atoms. The van der Waals surface area contributed by atoms with E-state index in [1.807, 2.05) is 73.8 Å². The van der Waals surface area contributed by atoms with Crippen molar-refractivity contribution in [3.05, 3.63) is 83.7 Å². The second-order valence-electron chi connectivity index (χ2n) is 5.13. The summed E-state index contributed by atoms with van der Waals surface area (Å²) in [7, 11) is 0. The first-order valence-electron chi connectivity index (χ1n) is 7.20. The molecule has 0 unspecified atom stereocenters. The molecule has 3 nitrogen and oxygen atoms in total. The maximum atomic E-state index is 12.5. The number of ether oxygens (including phenoxy) is 1. The van der Waals surface area contributed by atoms with Gasteiger partial charge in [0.15, 0.2) is 0 Å². The van der Waals surface area contributed by atoms with Crippen LogP contribution in [0.1, 0.15) is 21.6 Å². The Morgan fingerprint density at radius 1 is 1.00 bits per heavy atom. The van der Waals surface area contributed by atoms with Crippen molar-refractivity contribution in [2.45, 2.75) is 13.5 Å². The van der Waals surface area contributed by atoms with Gasteiger partial charge < -0.3 is 9.72 Å². The van der Waals surface area contributed by atoms with Crippen LogP contribution in [-0.2, 0) is 11.3 Å². The minimum Gasteiger partial charge on any atom is -0.457 e. The van der Waals surface area contributed by atoms with E-state index in [1.165, 1.54) is 0 Å². The van der Waals surface area contributed by atoms with E-state index in [4.69, 9.17) is 4.74 Å². The fourth-order valence-electron chi connectivity index (χ4n) is 2.43. The zero-order chi connectivity index (χ0) is 15.4. The second-order valence-corrected chi connectivity index (χ2v) is 5.13. The second kappa shape index (κ2) is 6.31. The number of aromatic nitrogens is 1. The molecule has 3 aromatic rings.